The Morgan fingerprint density at radius 2 is 1.96 bits per heavy atom. The Kier molecular flexibility index (Phi) is 5.59. The van der Waals surface area contributed by atoms with Crippen LogP contribution in [-0.2, 0) is 16.1 Å². The fourth-order valence-electron chi connectivity index (χ4n) is 2.68. The third kappa shape index (κ3) is 4.79. The van der Waals surface area contributed by atoms with Gasteiger partial charge in [-0.2, -0.15) is 0 Å². The van der Waals surface area contributed by atoms with Crippen LogP contribution >= 0.6 is 23.2 Å². The van der Waals surface area contributed by atoms with Gasteiger partial charge >= 0.3 is 12.3 Å². The Labute approximate surface area is 151 Å². The minimum atomic E-state index is -5.02. The largest absolute Gasteiger partial charge is 0.573 e. The number of alkyl halides is 3. The van der Waals surface area contributed by atoms with Crippen molar-refractivity contribution in [3.05, 3.63) is 40.1 Å². The first-order valence-electron chi connectivity index (χ1n) is 7.16. The third-order valence-electron chi connectivity index (χ3n) is 4.11. The molecule has 3 nitrogen and oxygen atoms in total. The summed E-state index contributed by atoms with van der Waals surface area (Å²) in [4.78, 5) is 12.1. The molecule has 0 saturated heterocycles. The molecule has 2 rings (SSSR count). The van der Waals surface area contributed by atoms with Crippen molar-refractivity contribution in [2.45, 2.75) is 26.8 Å². The summed E-state index contributed by atoms with van der Waals surface area (Å²) < 4.78 is 59.3. The Balaban J connectivity index is 2.04. The van der Waals surface area contributed by atoms with E-state index in [0.29, 0.717) is 0 Å². The van der Waals surface area contributed by atoms with Crippen molar-refractivity contribution in [3.63, 3.8) is 0 Å². The van der Waals surface area contributed by atoms with Crippen molar-refractivity contribution in [2.75, 3.05) is 0 Å². The topological polar surface area (TPSA) is 35.5 Å². The van der Waals surface area contributed by atoms with Gasteiger partial charge in [-0.25, -0.2) is 4.39 Å². The molecule has 2 unspecified atom stereocenters. The monoisotopic (exact) mass is 400 g/mol. The maximum Gasteiger partial charge on any atom is 0.573 e. The van der Waals surface area contributed by atoms with Gasteiger partial charge < -0.3 is 9.47 Å². The zero-order valence-electron chi connectivity index (χ0n) is 13.2. The number of carbonyl (C=O) groups is 1. The molecule has 0 bridgehead atoms. The van der Waals surface area contributed by atoms with Gasteiger partial charge in [-0.1, -0.05) is 49.2 Å². The molecule has 0 spiro atoms. The van der Waals surface area contributed by atoms with E-state index in [4.69, 9.17) is 27.9 Å². The van der Waals surface area contributed by atoms with Gasteiger partial charge in [0.05, 0.1) is 5.92 Å². The molecule has 2 atom stereocenters. The van der Waals surface area contributed by atoms with Gasteiger partial charge in [0.15, 0.2) is 11.6 Å². The van der Waals surface area contributed by atoms with Crippen LogP contribution in [0.3, 0.4) is 0 Å². The molecule has 1 saturated carbocycles. The van der Waals surface area contributed by atoms with E-state index in [1.165, 1.54) is 18.2 Å². The van der Waals surface area contributed by atoms with Gasteiger partial charge in [0.25, 0.3) is 0 Å². The van der Waals surface area contributed by atoms with Crippen LogP contribution in [0.2, 0.25) is 0 Å². The average molecular weight is 401 g/mol. The number of hydrogen-bond acceptors (Lipinski definition) is 3. The summed E-state index contributed by atoms with van der Waals surface area (Å²) in [6, 6.07) is 3.21. The summed E-state index contributed by atoms with van der Waals surface area (Å²) in [6.45, 7) is 3.11. The van der Waals surface area contributed by atoms with Crippen LogP contribution in [0.15, 0.2) is 28.8 Å². The Hall–Kier alpha value is -1.47. The molecule has 25 heavy (non-hydrogen) atoms. The number of allylic oxidation sites excluding steroid dienone is 1. The fraction of sp³-hybridized carbons (Fsp3) is 0.438. The van der Waals surface area contributed by atoms with Gasteiger partial charge in [-0.15, -0.1) is 13.2 Å². The predicted molar refractivity (Wildman–Crippen MR) is 83.4 cm³/mol. The van der Waals surface area contributed by atoms with E-state index in [0.717, 1.165) is 6.07 Å². The number of hydrogen-bond donors (Lipinski definition) is 0. The molecule has 1 aliphatic carbocycles. The highest BCUT2D eigenvalue weighted by molar-refractivity contribution is 6.55. The highest BCUT2D eigenvalue weighted by Gasteiger charge is 2.61. The van der Waals surface area contributed by atoms with Crippen molar-refractivity contribution in [3.8, 4) is 5.75 Å². The summed E-state index contributed by atoms with van der Waals surface area (Å²) in [5, 5.41) is 0. The molecule has 1 aromatic rings. The van der Waals surface area contributed by atoms with Crippen LogP contribution in [0, 0.1) is 23.1 Å². The average Bonchev–Trinajstić information content (AvgIpc) is 2.98. The van der Waals surface area contributed by atoms with Crippen LogP contribution in [0.1, 0.15) is 19.4 Å². The molecule has 138 valence electrons. The first-order chi connectivity index (χ1) is 11.4. The van der Waals surface area contributed by atoms with Gasteiger partial charge in [-0.05, 0) is 23.5 Å². The van der Waals surface area contributed by atoms with Gasteiger partial charge in [0.1, 0.15) is 11.1 Å². The van der Waals surface area contributed by atoms with Crippen molar-refractivity contribution >= 4 is 29.2 Å². The zero-order valence-corrected chi connectivity index (χ0v) is 14.7. The molecule has 1 fully saturated rings. The number of rotatable bonds is 5. The van der Waals surface area contributed by atoms with Crippen molar-refractivity contribution in [1.29, 1.82) is 0 Å². The Bertz CT molecular complexity index is 697. The number of esters is 1. The highest BCUT2D eigenvalue weighted by atomic mass is 35.5. The van der Waals surface area contributed by atoms with E-state index in [-0.39, 0.29) is 16.0 Å². The van der Waals surface area contributed by atoms with Crippen LogP contribution in [0.25, 0.3) is 0 Å². The van der Waals surface area contributed by atoms with E-state index >= 15 is 0 Å². The summed E-state index contributed by atoms with van der Waals surface area (Å²) in [5.74, 6) is -3.57. The summed E-state index contributed by atoms with van der Waals surface area (Å²) >= 11 is 11.2. The number of halogens is 6. The summed E-state index contributed by atoms with van der Waals surface area (Å²) in [5.41, 5.74) is -0.651. The van der Waals surface area contributed by atoms with Crippen LogP contribution in [0.4, 0.5) is 17.6 Å². The van der Waals surface area contributed by atoms with E-state index in [1.54, 1.807) is 0 Å². The van der Waals surface area contributed by atoms with Gasteiger partial charge in [0.2, 0.25) is 0 Å². The zero-order chi connectivity index (χ0) is 19.0. The lowest BCUT2D eigenvalue weighted by atomic mass is 10.1. The Morgan fingerprint density at radius 1 is 1.32 bits per heavy atom. The minimum Gasteiger partial charge on any atom is -0.460 e. The molecule has 0 N–H and O–H groups in total. The molecular formula is C16H14Cl2F4O3. The van der Waals surface area contributed by atoms with E-state index < -0.39 is 41.8 Å². The predicted octanol–water partition coefficient (Wildman–Crippen LogP) is 5.36. The number of ether oxygens (including phenoxy) is 2. The number of carbonyl (C=O) groups excluding carboxylic acids is 1. The molecule has 1 aliphatic rings. The fourth-order valence-corrected chi connectivity index (χ4v) is 2.96. The third-order valence-corrected chi connectivity index (χ3v) is 4.36. The van der Waals surface area contributed by atoms with E-state index in [1.807, 2.05) is 13.8 Å². The molecule has 0 heterocycles. The molecular weight excluding hydrogens is 387 g/mol. The SMILES string of the molecule is CC1(C)C(C=C(Cl)Cl)C1C(=O)OCc1cccc(OC(F)(F)F)c1F. The lowest BCUT2D eigenvalue weighted by molar-refractivity contribution is -0.275. The van der Waals surface area contributed by atoms with Crippen LogP contribution in [-0.4, -0.2) is 12.3 Å². The van der Waals surface area contributed by atoms with Gasteiger partial charge in [0, 0.05) is 5.56 Å². The summed E-state index contributed by atoms with van der Waals surface area (Å²) in [7, 11) is 0. The molecule has 0 amide bonds. The lowest BCUT2D eigenvalue weighted by Gasteiger charge is -2.12. The quantitative estimate of drug-likeness (QED) is 0.493. The van der Waals surface area contributed by atoms with E-state index in [9.17, 15) is 22.4 Å². The second-order valence-electron chi connectivity index (χ2n) is 6.17. The molecule has 9 heteroatoms. The molecule has 0 aliphatic heterocycles. The first kappa shape index (κ1) is 19.8. The smallest absolute Gasteiger partial charge is 0.460 e. The standard InChI is InChI=1S/C16H14Cl2F4O3/c1-15(2)9(6-11(17)18)12(15)14(23)24-7-8-4-3-5-10(13(8)19)25-16(20,21)22/h3-6,9,12H,7H2,1-2H3. The normalized spacial score (nSPS) is 21.4. The number of benzene rings is 1. The molecule has 0 aromatic heterocycles. The van der Waals surface area contributed by atoms with Crippen molar-refractivity contribution in [1.82, 2.24) is 0 Å². The van der Waals surface area contributed by atoms with Crippen molar-refractivity contribution in [2.24, 2.45) is 17.3 Å². The van der Waals surface area contributed by atoms with Crippen LogP contribution in [0.5, 0.6) is 5.75 Å². The first-order valence-corrected chi connectivity index (χ1v) is 7.91. The second-order valence-corrected chi connectivity index (χ2v) is 7.17. The van der Waals surface area contributed by atoms with Crippen LogP contribution < -0.4 is 4.74 Å². The molecule has 0 radical (unpaired) electrons. The maximum atomic E-state index is 14.0. The van der Waals surface area contributed by atoms with Crippen molar-refractivity contribution < 1.29 is 31.8 Å². The van der Waals surface area contributed by atoms with Gasteiger partial charge in [-0.3, -0.25) is 4.79 Å². The minimum absolute atomic E-state index is 0.0245. The maximum absolute atomic E-state index is 14.0. The lowest BCUT2D eigenvalue weighted by Crippen LogP contribution is -2.18. The Morgan fingerprint density at radius 3 is 2.52 bits per heavy atom. The van der Waals surface area contributed by atoms with E-state index in [2.05, 4.69) is 4.74 Å². The second kappa shape index (κ2) is 7.03. The highest BCUT2D eigenvalue weighted by Crippen LogP contribution is 2.60. The summed E-state index contributed by atoms with van der Waals surface area (Å²) in [6.07, 6.45) is -3.50. The molecule has 1 aromatic carbocycles.